The number of hydrogen-bond acceptors (Lipinski definition) is 1. The lowest BCUT2D eigenvalue weighted by molar-refractivity contribution is 0.373. The van der Waals surface area contributed by atoms with Crippen LogP contribution in [0.1, 0.15) is 13.3 Å². The molecule has 0 bridgehead atoms. The van der Waals surface area contributed by atoms with Crippen molar-refractivity contribution in [1.82, 2.24) is 0 Å². The Morgan fingerprint density at radius 2 is 2.18 bits per heavy atom. The van der Waals surface area contributed by atoms with E-state index in [1.165, 1.54) is 6.07 Å². The van der Waals surface area contributed by atoms with E-state index in [4.69, 9.17) is 4.74 Å². The second-order valence-electron chi connectivity index (χ2n) is 2.12. The topological polar surface area (TPSA) is 9.23 Å². The van der Waals surface area contributed by atoms with Gasteiger partial charge in [-0.1, -0.05) is 19.1 Å². The molecule has 0 saturated heterocycles. The summed E-state index contributed by atoms with van der Waals surface area (Å²) in [5.74, 6) is -0.0356. The first kappa shape index (κ1) is 8.05. The van der Waals surface area contributed by atoms with Crippen LogP contribution in [0.4, 0.5) is 4.39 Å². The molecule has 11 heavy (non-hydrogen) atoms. The van der Waals surface area contributed by atoms with Crippen molar-refractivity contribution in [2.75, 3.05) is 0 Å². The highest BCUT2D eigenvalue weighted by atomic mass is 19.1. The van der Waals surface area contributed by atoms with E-state index in [0.717, 1.165) is 6.42 Å². The molecule has 0 unspecified atom stereocenters. The molecular formula is C9H10FO. The quantitative estimate of drug-likeness (QED) is 0.648. The Bertz CT molecular complexity index is 223. The Balaban J connectivity index is 2.62. The molecule has 0 atom stereocenters. The fourth-order valence-corrected chi connectivity index (χ4v) is 0.713. The van der Waals surface area contributed by atoms with Crippen molar-refractivity contribution in [3.63, 3.8) is 0 Å². The van der Waals surface area contributed by atoms with Gasteiger partial charge in [0.15, 0.2) is 11.6 Å². The fourth-order valence-electron chi connectivity index (χ4n) is 0.713. The van der Waals surface area contributed by atoms with Crippen LogP contribution in [0.5, 0.6) is 5.75 Å². The summed E-state index contributed by atoms with van der Waals surface area (Å²) < 4.78 is 17.8. The number of para-hydroxylation sites is 1. The van der Waals surface area contributed by atoms with Crippen LogP contribution in [-0.4, -0.2) is 0 Å². The zero-order valence-electron chi connectivity index (χ0n) is 6.38. The SMILES string of the molecule is CC[CH]Oc1ccccc1F. The Hall–Kier alpha value is -1.05. The van der Waals surface area contributed by atoms with Crippen molar-refractivity contribution in [3.05, 3.63) is 36.7 Å². The summed E-state index contributed by atoms with van der Waals surface area (Å²) in [6.45, 7) is 3.50. The van der Waals surface area contributed by atoms with Gasteiger partial charge in [-0.25, -0.2) is 4.39 Å². The number of rotatable bonds is 3. The minimum absolute atomic E-state index is 0.286. The van der Waals surface area contributed by atoms with E-state index < -0.39 is 0 Å². The average Bonchev–Trinajstić information content (AvgIpc) is 2.03. The number of hydrogen-bond donors (Lipinski definition) is 0. The van der Waals surface area contributed by atoms with Gasteiger partial charge in [-0.3, -0.25) is 0 Å². The Kier molecular flexibility index (Phi) is 2.90. The maximum Gasteiger partial charge on any atom is 0.165 e. The van der Waals surface area contributed by atoms with E-state index in [1.807, 2.05) is 6.92 Å². The summed E-state index contributed by atoms with van der Waals surface area (Å²) in [5.41, 5.74) is 0. The first-order valence-corrected chi connectivity index (χ1v) is 3.57. The molecule has 0 amide bonds. The maximum atomic E-state index is 12.8. The molecule has 0 saturated carbocycles. The summed E-state index contributed by atoms with van der Waals surface area (Å²) in [7, 11) is 0. The van der Waals surface area contributed by atoms with E-state index in [2.05, 4.69) is 0 Å². The van der Waals surface area contributed by atoms with Crippen molar-refractivity contribution in [2.45, 2.75) is 13.3 Å². The predicted octanol–water partition coefficient (Wildman–Crippen LogP) is 2.78. The van der Waals surface area contributed by atoms with E-state index in [0.29, 0.717) is 0 Å². The third-order valence-electron chi connectivity index (χ3n) is 1.21. The molecule has 0 heterocycles. The standard InChI is InChI=1S/C9H10FO/c1-2-7-11-9-6-4-3-5-8(9)10/h3-7H,2H2,1H3. The molecule has 0 aliphatic rings. The van der Waals surface area contributed by atoms with Crippen molar-refractivity contribution in [3.8, 4) is 5.75 Å². The van der Waals surface area contributed by atoms with Gasteiger partial charge in [0.2, 0.25) is 0 Å². The highest BCUT2D eigenvalue weighted by Crippen LogP contribution is 2.16. The first-order chi connectivity index (χ1) is 5.34. The third-order valence-corrected chi connectivity index (χ3v) is 1.21. The van der Waals surface area contributed by atoms with Gasteiger partial charge in [0, 0.05) is 0 Å². The smallest absolute Gasteiger partial charge is 0.165 e. The summed E-state index contributed by atoms with van der Waals surface area (Å²) >= 11 is 0. The number of ether oxygens (including phenoxy) is 1. The van der Waals surface area contributed by atoms with E-state index in [1.54, 1.807) is 24.8 Å². The van der Waals surface area contributed by atoms with Gasteiger partial charge >= 0.3 is 0 Å². The van der Waals surface area contributed by atoms with Crippen LogP contribution < -0.4 is 4.74 Å². The highest BCUT2D eigenvalue weighted by Gasteiger charge is 1.98. The normalized spacial score (nSPS) is 9.64. The van der Waals surface area contributed by atoms with Crippen LogP contribution in [0.3, 0.4) is 0 Å². The largest absolute Gasteiger partial charge is 0.484 e. The summed E-state index contributed by atoms with van der Waals surface area (Å²) in [4.78, 5) is 0. The fraction of sp³-hybridized carbons (Fsp3) is 0.222. The Morgan fingerprint density at radius 1 is 1.45 bits per heavy atom. The lowest BCUT2D eigenvalue weighted by atomic mass is 10.3. The summed E-state index contributed by atoms with van der Waals surface area (Å²) in [6.07, 6.45) is 0.772. The summed E-state index contributed by atoms with van der Waals surface area (Å²) in [5, 5.41) is 0. The molecule has 0 spiro atoms. The molecule has 1 aromatic carbocycles. The van der Waals surface area contributed by atoms with Crippen LogP contribution in [0, 0.1) is 12.4 Å². The molecule has 1 nitrogen and oxygen atoms in total. The minimum Gasteiger partial charge on any atom is -0.484 e. The number of halogens is 1. The van der Waals surface area contributed by atoms with Crippen LogP contribution in [0.25, 0.3) is 0 Å². The van der Waals surface area contributed by atoms with Gasteiger partial charge in [0.1, 0.15) is 6.61 Å². The second kappa shape index (κ2) is 3.96. The molecule has 1 rings (SSSR count). The van der Waals surface area contributed by atoms with Gasteiger partial charge in [0.05, 0.1) is 0 Å². The van der Waals surface area contributed by atoms with Gasteiger partial charge in [0.25, 0.3) is 0 Å². The van der Waals surface area contributed by atoms with Crippen molar-refractivity contribution in [2.24, 2.45) is 0 Å². The molecule has 1 radical (unpaired) electrons. The molecular weight excluding hydrogens is 143 g/mol. The Morgan fingerprint density at radius 3 is 2.82 bits per heavy atom. The average molecular weight is 153 g/mol. The van der Waals surface area contributed by atoms with Crippen LogP contribution in [0.2, 0.25) is 0 Å². The Labute approximate surface area is 65.8 Å². The molecule has 59 valence electrons. The molecule has 2 heteroatoms. The zero-order chi connectivity index (χ0) is 8.10. The molecule has 1 aromatic rings. The van der Waals surface area contributed by atoms with Crippen LogP contribution in [0.15, 0.2) is 24.3 Å². The van der Waals surface area contributed by atoms with Crippen molar-refractivity contribution >= 4 is 0 Å². The number of benzene rings is 1. The van der Waals surface area contributed by atoms with Gasteiger partial charge < -0.3 is 4.74 Å². The monoisotopic (exact) mass is 153 g/mol. The molecule has 0 fully saturated rings. The molecule has 0 aromatic heterocycles. The van der Waals surface area contributed by atoms with Crippen molar-refractivity contribution in [1.29, 1.82) is 0 Å². The van der Waals surface area contributed by atoms with E-state index >= 15 is 0 Å². The minimum atomic E-state index is -0.322. The molecule has 0 N–H and O–H groups in total. The van der Waals surface area contributed by atoms with Crippen LogP contribution in [-0.2, 0) is 0 Å². The lowest BCUT2D eigenvalue weighted by Crippen LogP contribution is -1.90. The summed E-state index contributed by atoms with van der Waals surface area (Å²) in [6, 6.07) is 6.34. The molecule has 0 aliphatic heterocycles. The maximum absolute atomic E-state index is 12.8. The van der Waals surface area contributed by atoms with Gasteiger partial charge in [-0.05, 0) is 18.6 Å². The van der Waals surface area contributed by atoms with E-state index in [-0.39, 0.29) is 11.6 Å². The van der Waals surface area contributed by atoms with Crippen molar-refractivity contribution < 1.29 is 9.13 Å². The van der Waals surface area contributed by atoms with Gasteiger partial charge in [-0.2, -0.15) is 0 Å². The lowest BCUT2D eigenvalue weighted by Gasteiger charge is -2.02. The van der Waals surface area contributed by atoms with E-state index in [9.17, 15) is 4.39 Å². The zero-order valence-corrected chi connectivity index (χ0v) is 6.38. The first-order valence-electron chi connectivity index (χ1n) is 3.57. The third kappa shape index (κ3) is 2.22. The second-order valence-corrected chi connectivity index (χ2v) is 2.12. The van der Waals surface area contributed by atoms with Crippen LogP contribution >= 0.6 is 0 Å². The van der Waals surface area contributed by atoms with Gasteiger partial charge in [-0.15, -0.1) is 0 Å². The highest BCUT2D eigenvalue weighted by molar-refractivity contribution is 5.23. The predicted molar refractivity (Wildman–Crippen MR) is 41.6 cm³/mol. The molecule has 0 aliphatic carbocycles.